The number of aliphatic hydroxyl groups is 1. The minimum Gasteiger partial charge on any atom is -0.391 e. The molecule has 0 saturated carbocycles. The van der Waals surface area contributed by atoms with Gasteiger partial charge in [0.2, 0.25) is 0 Å². The molecule has 0 aromatic rings. The molecule has 0 spiro atoms. The second kappa shape index (κ2) is 3.32. The predicted molar refractivity (Wildman–Crippen MR) is 40.7 cm³/mol. The van der Waals surface area contributed by atoms with Crippen molar-refractivity contribution >= 4 is 0 Å². The van der Waals surface area contributed by atoms with E-state index in [4.69, 9.17) is 5.73 Å². The average Bonchev–Trinajstić information content (AvgIpc) is 2.04. The van der Waals surface area contributed by atoms with Crippen molar-refractivity contribution in [3.63, 3.8) is 0 Å². The molecular weight excluding hydrogens is 128 g/mol. The zero-order chi connectivity index (χ0) is 7.56. The Morgan fingerprint density at radius 1 is 1.40 bits per heavy atom. The highest BCUT2D eigenvalue weighted by molar-refractivity contribution is 4.77. The Labute approximate surface area is 61.8 Å². The van der Waals surface area contributed by atoms with Gasteiger partial charge in [0.05, 0.1) is 6.10 Å². The van der Waals surface area contributed by atoms with Gasteiger partial charge in [0, 0.05) is 12.6 Å². The van der Waals surface area contributed by atoms with E-state index in [1.54, 1.807) is 0 Å². The van der Waals surface area contributed by atoms with Crippen LogP contribution in [0.15, 0.2) is 0 Å². The van der Waals surface area contributed by atoms with E-state index >= 15 is 0 Å². The topological polar surface area (TPSA) is 49.5 Å². The Morgan fingerprint density at radius 2 is 2.00 bits per heavy atom. The number of rotatable bonds is 0. The lowest BCUT2D eigenvalue weighted by Gasteiger charge is -2.12. The highest BCUT2D eigenvalue weighted by Crippen LogP contribution is 2.07. The van der Waals surface area contributed by atoms with Gasteiger partial charge in [0.25, 0.3) is 0 Å². The molecule has 3 nitrogen and oxygen atoms in total. The summed E-state index contributed by atoms with van der Waals surface area (Å²) in [5, 5.41) is 9.32. The maximum absolute atomic E-state index is 9.32. The molecule has 10 heavy (non-hydrogen) atoms. The van der Waals surface area contributed by atoms with Crippen LogP contribution in [-0.4, -0.2) is 42.3 Å². The zero-order valence-corrected chi connectivity index (χ0v) is 6.45. The normalized spacial score (nSPS) is 37.5. The molecule has 1 aliphatic heterocycles. The maximum atomic E-state index is 9.32. The lowest BCUT2D eigenvalue weighted by Crippen LogP contribution is -2.34. The molecule has 3 N–H and O–H groups in total. The Kier molecular flexibility index (Phi) is 2.65. The molecule has 1 aliphatic rings. The number of nitrogens with two attached hydrogens (primary N) is 1. The lowest BCUT2D eigenvalue weighted by molar-refractivity contribution is 0.138. The highest BCUT2D eigenvalue weighted by atomic mass is 16.3. The van der Waals surface area contributed by atoms with Gasteiger partial charge in [-0.05, 0) is 26.4 Å². The van der Waals surface area contributed by atoms with E-state index in [1.165, 1.54) is 0 Å². The van der Waals surface area contributed by atoms with Crippen LogP contribution in [0.5, 0.6) is 0 Å². The summed E-state index contributed by atoms with van der Waals surface area (Å²) in [6.07, 6.45) is 1.44. The molecule has 3 heteroatoms. The van der Waals surface area contributed by atoms with E-state index < -0.39 is 0 Å². The number of nitrogens with zero attached hydrogens (tertiary/aromatic N) is 1. The van der Waals surface area contributed by atoms with Gasteiger partial charge in [-0.3, -0.25) is 0 Å². The largest absolute Gasteiger partial charge is 0.391 e. The SMILES string of the molecule is CN1CCC(N)C(O)CC1. The van der Waals surface area contributed by atoms with E-state index in [2.05, 4.69) is 11.9 Å². The molecule has 60 valence electrons. The van der Waals surface area contributed by atoms with Gasteiger partial charge in [-0.1, -0.05) is 0 Å². The molecule has 1 saturated heterocycles. The van der Waals surface area contributed by atoms with Crippen LogP contribution in [0.25, 0.3) is 0 Å². The summed E-state index contributed by atoms with van der Waals surface area (Å²) < 4.78 is 0. The van der Waals surface area contributed by atoms with Crippen molar-refractivity contribution in [3.8, 4) is 0 Å². The summed E-state index contributed by atoms with van der Waals surface area (Å²) in [6, 6.07) is -0.00931. The average molecular weight is 144 g/mol. The molecule has 0 radical (unpaired) electrons. The molecule has 0 bridgehead atoms. The smallest absolute Gasteiger partial charge is 0.0703 e. The fourth-order valence-corrected chi connectivity index (χ4v) is 1.24. The summed E-state index contributed by atoms with van der Waals surface area (Å²) in [6.45, 7) is 1.98. The van der Waals surface area contributed by atoms with Crippen LogP contribution in [0.3, 0.4) is 0 Å². The molecule has 2 unspecified atom stereocenters. The molecule has 1 heterocycles. The monoisotopic (exact) mass is 144 g/mol. The van der Waals surface area contributed by atoms with Crippen molar-refractivity contribution in [2.45, 2.75) is 25.0 Å². The first-order chi connectivity index (χ1) is 4.70. The first-order valence-corrected chi connectivity index (χ1v) is 3.82. The van der Waals surface area contributed by atoms with Crippen LogP contribution < -0.4 is 5.73 Å². The summed E-state index contributed by atoms with van der Waals surface area (Å²) in [4.78, 5) is 2.20. The Morgan fingerprint density at radius 3 is 2.70 bits per heavy atom. The van der Waals surface area contributed by atoms with Gasteiger partial charge in [-0.15, -0.1) is 0 Å². The number of hydrogen-bond donors (Lipinski definition) is 2. The third-order valence-electron chi connectivity index (χ3n) is 2.14. The summed E-state index contributed by atoms with van der Waals surface area (Å²) >= 11 is 0. The highest BCUT2D eigenvalue weighted by Gasteiger charge is 2.19. The van der Waals surface area contributed by atoms with Crippen molar-refractivity contribution in [1.82, 2.24) is 4.90 Å². The standard InChI is InChI=1S/C7H16N2O/c1-9-4-2-6(8)7(10)3-5-9/h6-7,10H,2-5,8H2,1H3. The van der Waals surface area contributed by atoms with Crippen LogP contribution in [-0.2, 0) is 0 Å². The van der Waals surface area contributed by atoms with Gasteiger partial charge in [0.1, 0.15) is 0 Å². The number of hydrogen-bond acceptors (Lipinski definition) is 3. The Bertz CT molecular complexity index is 95.8. The second-order valence-corrected chi connectivity index (χ2v) is 3.11. The van der Waals surface area contributed by atoms with E-state index in [-0.39, 0.29) is 12.1 Å². The minimum absolute atomic E-state index is 0.00931. The fraction of sp³-hybridized carbons (Fsp3) is 1.00. The van der Waals surface area contributed by atoms with Gasteiger partial charge in [0.15, 0.2) is 0 Å². The van der Waals surface area contributed by atoms with Gasteiger partial charge < -0.3 is 15.7 Å². The van der Waals surface area contributed by atoms with Crippen LogP contribution >= 0.6 is 0 Å². The summed E-state index contributed by atoms with van der Waals surface area (Å²) in [7, 11) is 2.06. The van der Waals surface area contributed by atoms with E-state index in [9.17, 15) is 5.11 Å². The maximum Gasteiger partial charge on any atom is 0.0703 e. The molecular formula is C7H16N2O. The third-order valence-corrected chi connectivity index (χ3v) is 2.14. The first kappa shape index (κ1) is 7.98. The second-order valence-electron chi connectivity index (χ2n) is 3.11. The Hall–Kier alpha value is -0.120. The zero-order valence-electron chi connectivity index (χ0n) is 6.45. The van der Waals surface area contributed by atoms with Gasteiger partial charge in [-0.25, -0.2) is 0 Å². The summed E-state index contributed by atoms with van der Waals surface area (Å²) in [5.74, 6) is 0. The van der Waals surface area contributed by atoms with Crippen molar-refractivity contribution < 1.29 is 5.11 Å². The van der Waals surface area contributed by atoms with Crippen molar-refractivity contribution in [1.29, 1.82) is 0 Å². The molecule has 0 aromatic heterocycles. The fourth-order valence-electron chi connectivity index (χ4n) is 1.24. The predicted octanol–water partition coefficient (Wildman–Crippen LogP) is -0.600. The van der Waals surface area contributed by atoms with Crippen LogP contribution in [0.1, 0.15) is 12.8 Å². The van der Waals surface area contributed by atoms with E-state index in [0.717, 1.165) is 25.9 Å². The quantitative estimate of drug-likeness (QED) is 0.477. The molecule has 1 fully saturated rings. The molecule has 2 atom stereocenters. The molecule has 0 amide bonds. The van der Waals surface area contributed by atoms with Crippen molar-refractivity contribution in [3.05, 3.63) is 0 Å². The van der Waals surface area contributed by atoms with E-state index in [1.807, 2.05) is 0 Å². The van der Waals surface area contributed by atoms with E-state index in [0.29, 0.717) is 0 Å². The van der Waals surface area contributed by atoms with Crippen LogP contribution in [0, 0.1) is 0 Å². The van der Waals surface area contributed by atoms with Crippen molar-refractivity contribution in [2.75, 3.05) is 20.1 Å². The van der Waals surface area contributed by atoms with Crippen LogP contribution in [0.4, 0.5) is 0 Å². The van der Waals surface area contributed by atoms with Gasteiger partial charge >= 0.3 is 0 Å². The third kappa shape index (κ3) is 1.94. The Balaban J connectivity index is 2.38. The van der Waals surface area contributed by atoms with Gasteiger partial charge in [-0.2, -0.15) is 0 Å². The number of aliphatic hydroxyl groups excluding tert-OH is 1. The minimum atomic E-state index is -0.287. The first-order valence-electron chi connectivity index (χ1n) is 3.82. The van der Waals surface area contributed by atoms with Crippen LogP contribution in [0.2, 0.25) is 0 Å². The van der Waals surface area contributed by atoms with Crippen molar-refractivity contribution in [2.24, 2.45) is 5.73 Å². The lowest BCUT2D eigenvalue weighted by atomic mass is 10.1. The summed E-state index contributed by atoms with van der Waals surface area (Å²) in [5.41, 5.74) is 5.66. The number of likely N-dealkylation sites (tertiary alicyclic amines) is 1. The molecule has 0 aliphatic carbocycles. The molecule has 1 rings (SSSR count). The molecule has 0 aromatic carbocycles.